The van der Waals surface area contributed by atoms with E-state index in [2.05, 4.69) is 15.9 Å². The minimum Gasteiger partial charge on any atom is -0.391 e. The van der Waals surface area contributed by atoms with Crippen LogP contribution in [0.3, 0.4) is 0 Å². The van der Waals surface area contributed by atoms with E-state index in [1.165, 1.54) is 0 Å². The van der Waals surface area contributed by atoms with Gasteiger partial charge in [0.2, 0.25) is 0 Å². The lowest BCUT2D eigenvalue weighted by Crippen LogP contribution is -2.57. The summed E-state index contributed by atoms with van der Waals surface area (Å²) < 4.78 is 6.27. The molecule has 5 heteroatoms. The van der Waals surface area contributed by atoms with Crippen molar-refractivity contribution in [1.29, 1.82) is 0 Å². The van der Waals surface area contributed by atoms with Crippen molar-refractivity contribution in [3.63, 3.8) is 0 Å². The van der Waals surface area contributed by atoms with Gasteiger partial charge in [0.1, 0.15) is 0 Å². The quantitative estimate of drug-likeness (QED) is 0.870. The molecule has 0 bridgehead atoms. The van der Waals surface area contributed by atoms with E-state index < -0.39 is 6.10 Å². The van der Waals surface area contributed by atoms with Gasteiger partial charge in [-0.15, -0.1) is 11.3 Å². The van der Waals surface area contributed by atoms with E-state index in [1.54, 1.807) is 11.3 Å². The van der Waals surface area contributed by atoms with Crippen LogP contribution in [0.15, 0.2) is 15.9 Å². The van der Waals surface area contributed by atoms with E-state index >= 15 is 0 Å². The third-order valence-corrected chi connectivity index (χ3v) is 4.49. The molecule has 1 aliphatic heterocycles. The summed E-state index contributed by atoms with van der Waals surface area (Å²) in [6, 6.07) is 4.01. The Hall–Kier alpha value is 0.0600. The lowest BCUT2D eigenvalue weighted by atomic mass is 9.78. The number of hydrogen-bond acceptors (Lipinski definition) is 4. The van der Waals surface area contributed by atoms with Crippen molar-refractivity contribution < 1.29 is 9.84 Å². The summed E-state index contributed by atoms with van der Waals surface area (Å²) in [6.07, 6.45) is -0.512. The molecular formula is C9H12BrNO2S. The molecule has 0 saturated carbocycles. The molecule has 3 nitrogen and oxygen atoms in total. The molecule has 1 saturated heterocycles. The molecule has 2 rings (SSSR count). The van der Waals surface area contributed by atoms with Crippen LogP contribution < -0.4 is 5.73 Å². The molecule has 1 fully saturated rings. The van der Waals surface area contributed by atoms with E-state index in [4.69, 9.17) is 10.5 Å². The predicted octanol–water partition coefficient (Wildman–Crippen LogP) is 1.10. The summed E-state index contributed by atoms with van der Waals surface area (Å²) in [7, 11) is 0. The van der Waals surface area contributed by atoms with Crippen molar-refractivity contribution in [3.05, 3.63) is 20.8 Å². The molecule has 0 spiro atoms. The number of aliphatic hydroxyl groups excluding tert-OH is 1. The molecule has 0 radical (unpaired) electrons. The number of ether oxygens (including phenoxy) is 1. The van der Waals surface area contributed by atoms with Crippen LogP contribution in [-0.4, -0.2) is 31.0 Å². The van der Waals surface area contributed by atoms with E-state index in [0.29, 0.717) is 13.2 Å². The molecule has 14 heavy (non-hydrogen) atoms. The zero-order valence-corrected chi connectivity index (χ0v) is 9.97. The van der Waals surface area contributed by atoms with E-state index in [1.807, 2.05) is 12.1 Å². The van der Waals surface area contributed by atoms with Gasteiger partial charge in [0.25, 0.3) is 0 Å². The van der Waals surface area contributed by atoms with Gasteiger partial charge in [0.05, 0.1) is 28.5 Å². The van der Waals surface area contributed by atoms with Crippen LogP contribution in [0.5, 0.6) is 0 Å². The smallest absolute Gasteiger partial charge is 0.0811 e. The van der Waals surface area contributed by atoms with Crippen molar-refractivity contribution in [2.75, 3.05) is 19.8 Å². The first-order valence-corrected chi connectivity index (χ1v) is 6.02. The molecule has 78 valence electrons. The SMILES string of the molecule is NCC(O)C1(c2ccc(Br)s2)COC1. The molecule has 0 aromatic carbocycles. The van der Waals surface area contributed by atoms with Crippen molar-refractivity contribution in [2.24, 2.45) is 5.73 Å². The van der Waals surface area contributed by atoms with Gasteiger partial charge in [-0.25, -0.2) is 0 Å². The van der Waals surface area contributed by atoms with Crippen molar-refractivity contribution >= 4 is 27.3 Å². The third kappa shape index (κ3) is 1.53. The van der Waals surface area contributed by atoms with Crippen LogP contribution in [0.2, 0.25) is 0 Å². The number of halogens is 1. The van der Waals surface area contributed by atoms with E-state index in [9.17, 15) is 5.11 Å². The minimum absolute atomic E-state index is 0.258. The molecule has 1 aromatic rings. The van der Waals surface area contributed by atoms with Gasteiger partial charge in [0.15, 0.2) is 0 Å². The summed E-state index contributed by atoms with van der Waals surface area (Å²) >= 11 is 5.05. The summed E-state index contributed by atoms with van der Waals surface area (Å²) in [6.45, 7) is 1.41. The average molecular weight is 278 g/mol. The van der Waals surface area contributed by atoms with Crippen LogP contribution in [-0.2, 0) is 10.2 Å². The first kappa shape index (κ1) is 10.6. The highest BCUT2D eigenvalue weighted by Gasteiger charge is 2.47. The number of thiophene rings is 1. The molecule has 0 amide bonds. The molecule has 1 atom stereocenters. The van der Waals surface area contributed by atoms with E-state index in [0.717, 1.165) is 8.66 Å². The molecule has 3 N–H and O–H groups in total. The Bertz CT molecular complexity index is 324. The standard InChI is InChI=1S/C9H12BrNO2S/c10-8-2-1-7(14-8)9(4-13-5-9)6(12)3-11/h1-2,6,12H,3-5,11H2. The summed E-state index contributed by atoms with van der Waals surface area (Å²) in [5, 5.41) is 9.88. The number of rotatable bonds is 3. The Morgan fingerprint density at radius 3 is 2.71 bits per heavy atom. The normalized spacial score (nSPS) is 21.6. The van der Waals surface area contributed by atoms with Gasteiger partial charge in [-0.1, -0.05) is 0 Å². The molecule has 1 aromatic heterocycles. The molecular weight excluding hydrogens is 266 g/mol. The van der Waals surface area contributed by atoms with Gasteiger partial charge >= 0.3 is 0 Å². The topological polar surface area (TPSA) is 55.5 Å². The molecule has 1 aliphatic rings. The Morgan fingerprint density at radius 2 is 2.36 bits per heavy atom. The molecule has 0 aliphatic carbocycles. The zero-order valence-electron chi connectivity index (χ0n) is 7.57. The maximum absolute atomic E-state index is 9.88. The lowest BCUT2D eigenvalue weighted by Gasteiger charge is -2.43. The van der Waals surface area contributed by atoms with Crippen LogP contribution in [0, 0.1) is 0 Å². The summed E-state index contributed by atoms with van der Waals surface area (Å²) in [5.41, 5.74) is 5.24. The number of hydrogen-bond donors (Lipinski definition) is 2. The van der Waals surface area contributed by atoms with E-state index in [-0.39, 0.29) is 12.0 Å². The Labute approximate surface area is 95.0 Å². The number of aliphatic hydroxyl groups is 1. The van der Waals surface area contributed by atoms with Crippen LogP contribution in [0.1, 0.15) is 4.88 Å². The second-order valence-corrected chi connectivity index (χ2v) is 5.97. The minimum atomic E-state index is -0.512. The van der Waals surface area contributed by atoms with Gasteiger partial charge < -0.3 is 15.6 Å². The second kappa shape index (κ2) is 3.90. The lowest BCUT2D eigenvalue weighted by molar-refractivity contribution is -0.114. The average Bonchev–Trinajstić information content (AvgIpc) is 2.50. The first-order valence-electron chi connectivity index (χ1n) is 4.41. The van der Waals surface area contributed by atoms with Crippen LogP contribution >= 0.6 is 27.3 Å². The highest BCUT2D eigenvalue weighted by atomic mass is 79.9. The fraction of sp³-hybridized carbons (Fsp3) is 0.556. The largest absolute Gasteiger partial charge is 0.391 e. The van der Waals surface area contributed by atoms with Crippen molar-refractivity contribution in [3.8, 4) is 0 Å². The van der Waals surface area contributed by atoms with Gasteiger partial charge in [-0.05, 0) is 28.1 Å². The highest BCUT2D eigenvalue weighted by Crippen LogP contribution is 2.40. The summed E-state index contributed by atoms with van der Waals surface area (Å²) in [5.74, 6) is 0. The fourth-order valence-electron chi connectivity index (χ4n) is 1.63. The predicted molar refractivity (Wildman–Crippen MR) is 59.6 cm³/mol. The van der Waals surface area contributed by atoms with Crippen molar-refractivity contribution in [1.82, 2.24) is 0 Å². The van der Waals surface area contributed by atoms with Crippen LogP contribution in [0.25, 0.3) is 0 Å². The maximum atomic E-state index is 9.88. The molecule has 1 unspecified atom stereocenters. The highest BCUT2D eigenvalue weighted by molar-refractivity contribution is 9.11. The second-order valence-electron chi connectivity index (χ2n) is 3.50. The first-order chi connectivity index (χ1) is 6.69. The van der Waals surface area contributed by atoms with Gasteiger partial charge in [-0.2, -0.15) is 0 Å². The number of nitrogens with two attached hydrogens (primary N) is 1. The fourth-order valence-corrected chi connectivity index (χ4v) is 3.22. The van der Waals surface area contributed by atoms with Gasteiger partial charge in [-0.3, -0.25) is 0 Å². The monoisotopic (exact) mass is 277 g/mol. The zero-order chi connectivity index (χ0) is 10.2. The Morgan fingerprint density at radius 1 is 1.64 bits per heavy atom. The van der Waals surface area contributed by atoms with Crippen molar-refractivity contribution in [2.45, 2.75) is 11.5 Å². The van der Waals surface area contributed by atoms with Crippen LogP contribution in [0.4, 0.5) is 0 Å². The molecule has 2 heterocycles. The maximum Gasteiger partial charge on any atom is 0.0811 e. The summed E-state index contributed by atoms with van der Waals surface area (Å²) in [4.78, 5) is 1.15. The Kier molecular flexibility index (Phi) is 2.95. The Balaban J connectivity index is 2.28. The third-order valence-electron chi connectivity index (χ3n) is 2.64. The van der Waals surface area contributed by atoms with Gasteiger partial charge in [0, 0.05) is 11.4 Å².